The number of aryl methyl sites for hydroxylation is 1. The van der Waals surface area contributed by atoms with Gasteiger partial charge in [-0.2, -0.15) is 0 Å². The lowest BCUT2D eigenvalue weighted by molar-refractivity contribution is -0.122. The van der Waals surface area contributed by atoms with Crippen molar-refractivity contribution in [3.05, 3.63) is 93.0 Å². The number of carbonyl (C=O) groups excluding carboxylic acids is 1. The highest BCUT2D eigenvalue weighted by Gasteiger charge is 2.50. The smallest absolute Gasteiger partial charge is 0.262 e. The number of benzene rings is 3. The van der Waals surface area contributed by atoms with Crippen molar-refractivity contribution in [1.82, 2.24) is 4.90 Å². The average molecular weight is 612 g/mol. The summed E-state index contributed by atoms with van der Waals surface area (Å²) in [6, 6.07) is 19.6. The number of fused-ring (bicyclic) bond motifs is 1. The maximum atomic E-state index is 14.3. The quantitative estimate of drug-likeness (QED) is 0.264. The van der Waals surface area contributed by atoms with Crippen LogP contribution in [0.1, 0.15) is 60.8 Å². The summed E-state index contributed by atoms with van der Waals surface area (Å²) < 4.78 is 33.2. The Morgan fingerprint density at radius 2 is 1.81 bits per heavy atom. The molecule has 1 saturated heterocycles. The van der Waals surface area contributed by atoms with Crippen LogP contribution in [0.15, 0.2) is 60.7 Å². The number of amides is 1. The number of nitrogens with one attached hydrogen (secondary N) is 1. The van der Waals surface area contributed by atoms with Gasteiger partial charge in [0.15, 0.2) is 5.67 Å². The molecule has 4 nitrogen and oxygen atoms in total. The van der Waals surface area contributed by atoms with Crippen LogP contribution in [0.25, 0.3) is 11.1 Å². The molecule has 3 aliphatic rings. The molecule has 0 bridgehead atoms. The van der Waals surface area contributed by atoms with E-state index in [1.165, 1.54) is 0 Å². The van der Waals surface area contributed by atoms with E-state index in [1.54, 1.807) is 6.07 Å². The molecular formula is C34H34Cl2F2N2O2. The molecule has 2 fully saturated rings. The van der Waals surface area contributed by atoms with E-state index in [-0.39, 0.29) is 25.6 Å². The monoisotopic (exact) mass is 610 g/mol. The van der Waals surface area contributed by atoms with Crippen LogP contribution in [-0.2, 0) is 11.2 Å². The van der Waals surface area contributed by atoms with Crippen molar-refractivity contribution >= 4 is 45.9 Å². The SMILES string of the molecule is O=C(Nc1ccc2c(c1)CCCC(c1ccc(Cl)cc1Cl)=C2c1ccc(O[C@H]2CCN(CCCF)C2)cc1)C1(F)CC1. The van der Waals surface area contributed by atoms with Gasteiger partial charge in [0.05, 0.1) is 6.67 Å². The summed E-state index contributed by atoms with van der Waals surface area (Å²) in [5.74, 6) is 0.235. The zero-order valence-corrected chi connectivity index (χ0v) is 24.9. The molecule has 1 amide bonds. The molecule has 1 saturated carbocycles. The summed E-state index contributed by atoms with van der Waals surface area (Å²) in [6.45, 7) is 2.20. The number of ether oxygens (including phenoxy) is 1. The van der Waals surface area contributed by atoms with E-state index < -0.39 is 11.6 Å². The molecular weight excluding hydrogens is 577 g/mol. The minimum Gasteiger partial charge on any atom is -0.489 e. The van der Waals surface area contributed by atoms with E-state index in [4.69, 9.17) is 27.9 Å². The number of alkyl halides is 2. The summed E-state index contributed by atoms with van der Waals surface area (Å²) in [4.78, 5) is 14.6. The van der Waals surface area contributed by atoms with Crippen molar-refractivity contribution in [2.45, 2.75) is 56.7 Å². The molecule has 8 heteroatoms. The zero-order chi connectivity index (χ0) is 29.3. The fraction of sp³-hybridized carbons (Fsp3) is 0.382. The number of rotatable bonds is 9. The minimum absolute atomic E-state index is 0.0875. The van der Waals surface area contributed by atoms with Crippen molar-refractivity contribution in [2.24, 2.45) is 0 Å². The third kappa shape index (κ3) is 6.36. The summed E-state index contributed by atoms with van der Waals surface area (Å²) >= 11 is 13.0. The highest BCUT2D eigenvalue weighted by atomic mass is 35.5. The van der Waals surface area contributed by atoms with Crippen molar-refractivity contribution in [1.29, 1.82) is 0 Å². The van der Waals surface area contributed by atoms with E-state index in [0.717, 1.165) is 84.5 Å². The lowest BCUT2D eigenvalue weighted by atomic mass is 9.87. The molecule has 0 radical (unpaired) electrons. The van der Waals surface area contributed by atoms with Crippen LogP contribution in [-0.4, -0.2) is 48.9 Å². The Balaban J connectivity index is 1.33. The van der Waals surface area contributed by atoms with Gasteiger partial charge in [0.1, 0.15) is 11.9 Å². The van der Waals surface area contributed by atoms with Crippen LogP contribution in [0, 0.1) is 0 Å². The summed E-state index contributed by atoms with van der Waals surface area (Å²) in [5.41, 5.74) is 5.18. The van der Waals surface area contributed by atoms with Gasteiger partial charge in [-0.05, 0) is 115 Å². The van der Waals surface area contributed by atoms with Crippen LogP contribution >= 0.6 is 23.2 Å². The Morgan fingerprint density at radius 1 is 1.02 bits per heavy atom. The third-order valence-electron chi connectivity index (χ3n) is 8.44. The van der Waals surface area contributed by atoms with Crippen molar-refractivity contribution in [2.75, 3.05) is 31.6 Å². The normalized spacial score (nSPS) is 19.8. The molecule has 0 aromatic heterocycles. The molecule has 2 aliphatic carbocycles. The zero-order valence-electron chi connectivity index (χ0n) is 23.4. The van der Waals surface area contributed by atoms with Gasteiger partial charge in [0, 0.05) is 35.4 Å². The van der Waals surface area contributed by atoms with Crippen molar-refractivity contribution in [3.63, 3.8) is 0 Å². The third-order valence-corrected chi connectivity index (χ3v) is 8.99. The highest BCUT2D eigenvalue weighted by Crippen LogP contribution is 2.44. The van der Waals surface area contributed by atoms with Gasteiger partial charge in [0.2, 0.25) is 0 Å². The number of hydrogen-bond donors (Lipinski definition) is 1. The Kier molecular flexibility index (Phi) is 8.58. The molecule has 0 spiro atoms. The van der Waals surface area contributed by atoms with Crippen LogP contribution < -0.4 is 10.1 Å². The Bertz CT molecular complexity index is 1500. The summed E-state index contributed by atoms with van der Waals surface area (Å²) in [5, 5.41) is 3.96. The highest BCUT2D eigenvalue weighted by molar-refractivity contribution is 6.36. The van der Waals surface area contributed by atoms with Gasteiger partial charge >= 0.3 is 0 Å². The number of nitrogens with zero attached hydrogens (tertiary/aromatic N) is 1. The first-order valence-corrected chi connectivity index (χ1v) is 15.5. The summed E-state index contributed by atoms with van der Waals surface area (Å²) in [6.07, 6.45) is 4.62. The van der Waals surface area contributed by atoms with Gasteiger partial charge in [-0.3, -0.25) is 14.1 Å². The first-order valence-electron chi connectivity index (χ1n) is 14.7. The number of carbonyl (C=O) groups is 1. The number of anilines is 1. The molecule has 3 aromatic rings. The lowest BCUT2D eigenvalue weighted by Gasteiger charge is -2.19. The number of likely N-dealkylation sites (tertiary alicyclic amines) is 1. The predicted molar refractivity (Wildman–Crippen MR) is 166 cm³/mol. The van der Waals surface area contributed by atoms with Gasteiger partial charge in [0.25, 0.3) is 5.91 Å². The topological polar surface area (TPSA) is 41.6 Å². The van der Waals surface area contributed by atoms with Gasteiger partial charge in [-0.25, -0.2) is 4.39 Å². The number of halogens is 4. The predicted octanol–water partition coefficient (Wildman–Crippen LogP) is 8.54. The Hall–Kier alpha value is -2.93. The van der Waals surface area contributed by atoms with Gasteiger partial charge < -0.3 is 10.1 Å². The number of allylic oxidation sites excluding steroid dienone is 1. The van der Waals surface area contributed by atoms with Crippen LogP contribution in [0.2, 0.25) is 10.0 Å². The van der Waals surface area contributed by atoms with Crippen molar-refractivity contribution in [3.8, 4) is 5.75 Å². The second-order valence-electron chi connectivity index (χ2n) is 11.5. The summed E-state index contributed by atoms with van der Waals surface area (Å²) in [7, 11) is 0. The first-order chi connectivity index (χ1) is 20.3. The molecule has 0 unspecified atom stereocenters. The fourth-order valence-corrected chi connectivity index (χ4v) is 6.57. The van der Waals surface area contributed by atoms with Gasteiger partial charge in [-0.15, -0.1) is 0 Å². The van der Waals surface area contributed by atoms with Crippen LogP contribution in [0.4, 0.5) is 14.5 Å². The molecule has 1 aliphatic heterocycles. The standard InChI is InChI=1S/C34H34Cl2F2N2O2/c35-24-7-11-29(31(36)20-24)30-4-1-3-23-19-25(39-33(41)34(38)14-15-34)8-12-28(23)32(30)22-5-9-26(10-6-22)42-27-13-18-40(21-27)17-2-16-37/h5-12,19-20,27H,1-4,13-18,21H2,(H,39,41)/t27-/m0/s1. The largest absolute Gasteiger partial charge is 0.489 e. The Morgan fingerprint density at radius 3 is 2.55 bits per heavy atom. The Labute approximate surface area is 255 Å². The van der Waals surface area contributed by atoms with Crippen LogP contribution in [0.3, 0.4) is 0 Å². The molecule has 1 atom stereocenters. The molecule has 1 N–H and O–H groups in total. The van der Waals surface area contributed by atoms with E-state index in [2.05, 4.69) is 22.3 Å². The maximum Gasteiger partial charge on any atom is 0.262 e. The van der Waals surface area contributed by atoms with Gasteiger partial charge in [-0.1, -0.05) is 47.5 Å². The van der Waals surface area contributed by atoms with Crippen molar-refractivity contribution < 1.29 is 18.3 Å². The van der Waals surface area contributed by atoms with E-state index >= 15 is 0 Å². The van der Waals surface area contributed by atoms with Crippen LogP contribution in [0.5, 0.6) is 5.75 Å². The molecule has 42 heavy (non-hydrogen) atoms. The van der Waals surface area contributed by atoms with E-state index in [9.17, 15) is 13.6 Å². The van der Waals surface area contributed by atoms with E-state index in [0.29, 0.717) is 22.2 Å². The maximum absolute atomic E-state index is 14.3. The molecule has 6 rings (SSSR count). The number of hydrogen-bond acceptors (Lipinski definition) is 3. The second kappa shape index (κ2) is 12.4. The first kappa shape index (κ1) is 29.2. The van der Waals surface area contributed by atoms with E-state index in [1.807, 2.05) is 42.5 Å². The molecule has 1 heterocycles. The lowest BCUT2D eigenvalue weighted by Crippen LogP contribution is -2.26. The minimum atomic E-state index is -1.73. The molecule has 220 valence electrons. The fourth-order valence-electron chi connectivity index (χ4n) is 6.05. The molecule has 3 aromatic carbocycles. The second-order valence-corrected chi connectivity index (χ2v) is 12.4. The average Bonchev–Trinajstić information content (AvgIpc) is 3.63.